The summed E-state index contributed by atoms with van der Waals surface area (Å²) in [5, 5.41) is 3.03. The number of hydrogen-bond acceptors (Lipinski definition) is 3. The van der Waals surface area contributed by atoms with Gasteiger partial charge in [0.1, 0.15) is 5.75 Å². The van der Waals surface area contributed by atoms with Crippen LogP contribution >= 0.6 is 0 Å². The van der Waals surface area contributed by atoms with Gasteiger partial charge in [-0.25, -0.2) is 0 Å². The molecule has 154 valence electrons. The number of carbonyl (C=O) groups is 2. The molecule has 2 amide bonds. The summed E-state index contributed by atoms with van der Waals surface area (Å²) in [5.41, 5.74) is 3.82. The Hall–Kier alpha value is -2.82. The summed E-state index contributed by atoms with van der Waals surface area (Å²) in [6, 6.07) is 13.6. The van der Waals surface area contributed by atoms with Gasteiger partial charge in [0.2, 0.25) is 5.91 Å². The number of likely N-dealkylation sites (tertiary alicyclic amines) is 1. The Balaban J connectivity index is 1.61. The zero-order chi connectivity index (χ0) is 20.8. The van der Waals surface area contributed by atoms with E-state index in [4.69, 9.17) is 4.74 Å². The molecule has 0 saturated carbocycles. The lowest BCUT2D eigenvalue weighted by Gasteiger charge is -2.32. The molecule has 1 atom stereocenters. The van der Waals surface area contributed by atoms with E-state index in [1.165, 1.54) is 0 Å². The lowest BCUT2D eigenvalue weighted by atomic mass is 9.96. The van der Waals surface area contributed by atoms with Gasteiger partial charge in [-0.1, -0.05) is 35.4 Å². The van der Waals surface area contributed by atoms with Gasteiger partial charge >= 0.3 is 0 Å². The summed E-state index contributed by atoms with van der Waals surface area (Å²) < 4.78 is 5.63. The van der Waals surface area contributed by atoms with Crippen LogP contribution in [0, 0.1) is 19.8 Å². The van der Waals surface area contributed by atoms with E-state index in [9.17, 15) is 9.59 Å². The number of rotatable bonds is 6. The highest BCUT2D eigenvalue weighted by molar-refractivity contribution is 5.95. The molecule has 1 fully saturated rings. The molecule has 5 heteroatoms. The smallest absolute Gasteiger partial charge is 0.253 e. The SMILES string of the molecule is CCOc1ccccc1CNC(=O)[C@H]1CCCN(C(=O)c2cc(C)cc(C)c2)C1. The van der Waals surface area contributed by atoms with Crippen LogP contribution in [0.5, 0.6) is 5.75 Å². The Kier molecular flexibility index (Phi) is 6.91. The maximum Gasteiger partial charge on any atom is 0.253 e. The monoisotopic (exact) mass is 394 g/mol. The minimum atomic E-state index is -0.183. The number of amides is 2. The summed E-state index contributed by atoms with van der Waals surface area (Å²) in [5.74, 6) is 0.619. The zero-order valence-corrected chi connectivity index (χ0v) is 17.5. The first-order chi connectivity index (χ1) is 14.0. The van der Waals surface area contributed by atoms with Crippen LogP contribution in [-0.2, 0) is 11.3 Å². The highest BCUT2D eigenvalue weighted by Gasteiger charge is 2.29. The van der Waals surface area contributed by atoms with Crippen LogP contribution in [-0.4, -0.2) is 36.4 Å². The van der Waals surface area contributed by atoms with Crippen LogP contribution in [0.3, 0.4) is 0 Å². The van der Waals surface area contributed by atoms with E-state index in [2.05, 4.69) is 11.4 Å². The Morgan fingerprint density at radius 3 is 2.59 bits per heavy atom. The van der Waals surface area contributed by atoms with Gasteiger partial charge < -0.3 is 15.0 Å². The Labute approximate surface area is 173 Å². The predicted molar refractivity (Wildman–Crippen MR) is 114 cm³/mol. The van der Waals surface area contributed by atoms with E-state index < -0.39 is 0 Å². The first-order valence-corrected chi connectivity index (χ1v) is 10.3. The second-order valence-electron chi connectivity index (χ2n) is 7.73. The normalized spacial score (nSPS) is 16.4. The molecule has 1 N–H and O–H groups in total. The maximum absolute atomic E-state index is 12.9. The van der Waals surface area contributed by atoms with Gasteiger partial charge in [-0.2, -0.15) is 0 Å². The van der Waals surface area contributed by atoms with E-state index in [1.54, 1.807) is 0 Å². The number of piperidine rings is 1. The third-order valence-electron chi connectivity index (χ3n) is 5.27. The fraction of sp³-hybridized carbons (Fsp3) is 0.417. The van der Waals surface area contributed by atoms with Crippen LogP contribution in [0.1, 0.15) is 46.8 Å². The number of aryl methyl sites for hydroxylation is 2. The molecule has 0 unspecified atom stereocenters. The van der Waals surface area contributed by atoms with Crippen LogP contribution in [0.4, 0.5) is 0 Å². The molecule has 1 saturated heterocycles. The van der Waals surface area contributed by atoms with Gasteiger partial charge in [0.15, 0.2) is 0 Å². The molecule has 5 nitrogen and oxygen atoms in total. The number of ether oxygens (including phenoxy) is 1. The molecule has 1 aliphatic heterocycles. The third-order valence-corrected chi connectivity index (χ3v) is 5.27. The van der Waals surface area contributed by atoms with Crippen molar-refractivity contribution in [2.45, 2.75) is 40.2 Å². The molecule has 0 spiro atoms. The fourth-order valence-corrected chi connectivity index (χ4v) is 3.93. The van der Waals surface area contributed by atoms with Crippen molar-refractivity contribution in [1.82, 2.24) is 10.2 Å². The maximum atomic E-state index is 12.9. The van der Waals surface area contributed by atoms with Gasteiger partial charge in [0.05, 0.1) is 12.5 Å². The van der Waals surface area contributed by atoms with Crippen molar-refractivity contribution >= 4 is 11.8 Å². The molecule has 0 aromatic heterocycles. The number of para-hydroxylation sites is 1. The summed E-state index contributed by atoms with van der Waals surface area (Å²) in [4.78, 5) is 27.5. The number of benzene rings is 2. The molecule has 0 radical (unpaired) electrons. The summed E-state index contributed by atoms with van der Waals surface area (Å²) in [6.45, 7) is 8.11. The molecule has 1 aliphatic rings. The van der Waals surface area contributed by atoms with Crippen molar-refractivity contribution in [3.05, 3.63) is 64.7 Å². The Morgan fingerprint density at radius 2 is 1.86 bits per heavy atom. The van der Waals surface area contributed by atoms with E-state index >= 15 is 0 Å². The molecule has 29 heavy (non-hydrogen) atoms. The van der Waals surface area contributed by atoms with Crippen LogP contribution < -0.4 is 10.1 Å². The fourth-order valence-electron chi connectivity index (χ4n) is 3.93. The summed E-state index contributed by atoms with van der Waals surface area (Å²) >= 11 is 0. The highest BCUT2D eigenvalue weighted by Crippen LogP contribution is 2.21. The third kappa shape index (κ3) is 5.37. The second-order valence-corrected chi connectivity index (χ2v) is 7.73. The van der Waals surface area contributed by atoms with Crippen molar-refractivity contribution in [2.24, 2.45) is 5.92 Å². The summed E-state index contributed by atoms with van der Waals surface area (Å²) in [7, 11) is 0. The van der Waals surface area contributed by atoms with Crippen molar-refractivity contribution in [1.29, 1.82) is 0 Å². The average molecular weight is 395 g/mol. The quantitative estimate of drug-likeness (QED) is 0.809. The van der Waals surface area contributed by atoms with Crippen molar-refractivity contribution in [2.75, 3.05) is 19.7 Å². The van der Waals surface area contributed by atoms with Gasteiger partial charge in [0.25, 0.3) is 5.91 Å². The lowest BCUT2D eigenvalue weighted by molar-refractivity contribution is -0.126. The number of carbonyl (C=O) groups excluding carboxylic acids is 2. The van der Waals surface area contributed by atoms with Crippen molar-refractivity contribution in [3.8, 4) is 5.75 Å². The first kappa shape index (κ1) is 20.9. The van der Waals surface area contributed by atoms with E-state index in [1.807, 2.05) is 62.1 Å². The average Bonchev–Trinajstić information content (AvgIpc) is 2.72. The van der Waals surface area contributed by atoms with Crippen LogP contribution in [0.25, 0.3) is 0 Å². The van der Waals surface area contributed by atoms with E-state index in [-0.39, 0.29) is 17.7 Å². The van der Waals surface area contributed by atoms with Gasteiger partial charge in [-0.3, -0.25) is 9.59 Å². The Morgan fingerprint density at radius 1 is 1.14 bits per heavy atom. The second kappa shape index (κ2) is 9.59. The highest BCUT2D eigenvalue weighted by atomic mass is 16.5. The van der Waals surface area contributed by atoms with Crippen LogP contribution in [0.15, 0.2) is 42.5 Å². The number of nitrogens with one attached hydrogen (secondary N) is 1. The first-order valence-electron chi connectivity index (χ1n) is 10.3. The minimum absolute atomic E-state index is 0.00535. The molecular weight excluding hydrogens is 364 g/mol. The molecular formula is C24H30N2O3. The number of hydrogen-bond donors (Lipinski definition) is 1. The molecule has 0 aliphatic carbocycles. The predicted octanol–water partition coefficient (Wildman–Crippen LogP) is 3.87. The van der Waals surface area contributed by atoms with Crippen molar-refractivity contribution in [3.63, 3.8) is 0 Å². The van der Waals surface area contributed by atoms with Gasteiger partial charge in [-0.05, 0) is 51.8 Å². The van der Waals surface area contributed by atoms with Crippen LogP contribution in [0.2, 0.25) is 0 Å². The molecule has 3 rings (SSSR count). The molecule has 2 aromatic carbocycles. The van der Waals surface area contributed by atoms with Gasteiger partial charge in [-0.15, -0.1) is 0 Å². The zero-order valence-electron chi connectivity index (χ0n) is 17.5. The van der Waals surface area contributed by atoms with E-state index in [0.717, 1.165) is 35.3 Å². The molecule has 1 heterocycles. The standard InChI is InChI=1S/C24H30N2O3/c1-4-29-22-10-6-5-8-19(22)15-25-23(27)20-9-7-11-26(16-20)24(28)21-13-17(2)12-18(3)14-21/h5-6,8,10,12-14,20H,4,7,9,11,15-16H2,1-3H3,(H,25,27)/t20-/m0/s1. The topological polar surface area (TPSA) is 58.6 Å². The van der Waals surface area contributed by atoms with E-state index in [0.29, 0.717) is 31.8 Å². The Bertz CT molecular complexity index is 858. The molecule has 0 bridgehead atoms. The van der Waals surface area contributed by atoms with Crippen molar-refractivity contribution < 1.29 is 14.3 Å². The molecule has 2 aromatic rings. The lowest BCUT2D eigenvalue weighted by Crippen LogP contribution is -2.45. The number of nitrogens with zero attached hydrogens (tertiary/aromatic N) is 1. The minimum Gasteiger partial charge on any atom is -0.494 e. The summed E-state index contributed by atoms with van der Waals surface area (Å²) in [6.07, 6.45) is 1.64. The largest absolute Gasteiger partial charge is 0.494 e. The van der Waals surface area contributed by atoms with Gasteiger partial charge in [0, 0.05) is 30.8 Å².